The van der Waals surface area contributed by atoms with Gasteiger partial charge in [-0.15, -0.1) is 0 Å². The SMILES string of the molecule is Cc1ccc(Nc2cc(Cl)ccc2C(N)=S)cc1Cl. The number of halogens is 2. The topological polar surface area (TPSA) is 38.0 Å². The Morgan fingerprint density at radius 3 is 2.53 bits per heavy atom. The van der Waals surface area contributed by atoms with Crippen molar-refractivity contribution in [3.8, 4) is 0 Å². The van der Waals surface area contributed by atoms with Gasteiger partial charge in [0.25, 0.3) is 0 Å². The van der Waals surface area contributed by atoms with E-state index >= 15 is 0 Å². The number of hydrogen-bond acceptors (Lipinski definition) is 2. The van der Waals surface area contributed by atoms with E-state index in [1.54, 1.807) is 18.2 Å². The summed E-state index contributed by atoms with van der Waals surface area (Å²) in [6.45, 7) is 1.95. The van der Waals surface area contributed by atoms with Crippen LogP contribution in [0.4, 0.5) is 11.4 Å². The number of thiocarbonyl (C=S) groups is 1. The van der Waals surface area contributed by atoms with Crippen LogP contribution in [0.1, 0.15) is 11.1 Å². The molecule has 0 unspecified atom stereocenters. The van der Waals surface area contributed by atoms with E-state index in [0.29, 0.717) is 15.0 Å². The molecule has 2 rings (SSSR count). The molecule has 0 amide bonds. The first kappa shape index (κ1) is 14.1. The summed E-state index contributed by atoms with van der Waals surface area (Å²) in [5.41, 5.74) is 9.08. The van der Waals surface area contributed by atoms with Gasteiger partial charge in [-0.3, -0.25) is 0 Å². The summed E-state index contributed by atoms with van der Waals surface area (Å²) in [5, 5.41) is 4.54. The lowest BCUT2D eigenvalue weighted by Gasteiger charge is -2.12. The first-order valence-corrected chi connectivity index (χ1v) is 6.76. The molecule has 0 bridgehead atoms. The van der Waals surface area contributed by atoms with Crippen molar-refractivity contribution in [2.45, 2.75) is 6.92 Å². The Morgan fingerprint density at radius 2 is 1.89 bits per heavy atom. The van der Waals surface area contributed by atoms with Crippen LogP contribution in [0, 0.1) is 6.92 Å². The zero-order chi connectivity index (χ0) is 14.0. The highest BCUT2D eigenvalue weighted by molar-refractivity contribution is 7.80. The van der Waals surface area contributed by atoms with Crippen LogP contribution in [0.2, 0.25) is 10.0 Å². The zero-order valence-electron chi connectivity index (χ0n) is 10.2. The molecular weight excluding hydrogens is 299 g/mol. The maximum Gasteiger partial charge on any atom is 0.106 e. The standard InChI is InChI=1S/C14H12Cl2N2S/c1-8-2-4-10(7-12(8)16)18-13-6-9(15)3-5-11(13)14(17)19/h2-7,18H,1H3,(H2,17,19). The molecule has 2 aromatic rings. The monoisotopic (exact) mass is 310 g/mol. The van der Waals surface area contributed by atoms with Gasteiger partial charge in [-0.05, 0) is 42.8 Å². The van der Waals surface area contributed by atoms with Gasteiger partial charge in [-0.1, -0.05) is 41.5 Å². The highest BCUT2D eigenvalue weighted by Gasteiger charge is 2.07. The normalized spacial score (nSPS) is 10.3. The lowest BCUT2D eigenvalue weighted by Crippen LogP contribution is -2.11. The molecule has 2 nitrogen and oxygen atoms in total. The van der Waals surface area contributed by atoms with E-state index in [-0.39, 0.29) is 0 Å². The molecule has 2 aromatic carbocycles. The molecule has 0 spiro atoms. The zero-order valence-corrected chi connectivity index (χ0v) is 12.5. The van der Waals surface area contributed by atoms with Gasteiger partial charge in [0.05, 0.1) is 5.69 Å². The summed E-state index contributed by atoms with van der Waals surface area (Å²) in [4.78, 5) is 0.317. The van der Waals surface area contributed by atoms with Crippen molar-refractivity contribution >= 4 is 51.8 Å². The van der Waals surface area contributed by atoms with Crippen LogP contribution in [0.15, 0.2) is 36.4 Å². The fourth-order valence-electron chi connectivity index (χ4n) is 1.66. The summed E-state index contributed by atoms with van der Waals surface area (Å²) in [7, 11) is 0. The predicted octanol–water partition coefficient (Wildman–Crippen LogP) is 4.68. The molecule has 0 heterocycles. The van der Waals surface area contributed by atoms with Gasteiger partial charge >= 0.3 is 0 Å². The first-order valence-electron chi connectivity index (χ1n) is 5.60. The Kier molecular flexibility index (Phi) is 4.30. The molecule has 0 radical (unpaired) electrons. The fourth-order valence-corrected chi connectivity index (χ4v) is 2.19. The highest BCUT2D eigenvalue weighted by atomic mass is 35.5. The number of rotatable bonds is 3. The minimum Gasteiger partial charge on any atom is -0.389 e. The number of nitrogens with one attached hydrogen (secondary N) is 1. The van der Waals surface area contributed by atoms with Gasteiger partial charge in [-0.25, -0.2) is 0 Å². The minimum atomic E-state index is 0.317. The Morgan fingerprint density at radius 1 is 1.16 bits per heavy atom. The van der Waals surface area contributed by atoms with Crippen molar-refractivity contribution in [1.82, 2.24) is 0 Å². The Labute approximate surface area is 127 Å². The van der Waals surface area contributed by atoms with E-state index in [1.165, 1.54) is 0 Å². The van der Waals surface area contributed by atoms with Gasteiger partial charge in [-0.2, -0.15) is 0 Å². The van der Waals surface area contributed by atoms with E-state index < -0.39 is 0 Å². The second kappa shape index (κ2) is 5.78. The highest BCUT2D eigenvalue weighted by Crippen LogP contribution is 2.27. The van der Waals surface area contributed by atoms with E-state index in [1.807, 2.05) is 25.1 Å². The maximum absolute atomic E-state index is 6.10. The third-order valence-electron chi connectivity index (χ3n) is 2.70. The Bertz CT molecular complexity index is 641. The van der Waals surface area contributed by atoms with Crippen molar-refractivity contribution < 1.29 is 0 Å². The van der Waals surface area contributed by atoms with Crippen LogP contribution in [0.25, 0.3) is 0 Å². The van der Waals surface area contributed by atoms with Gasteiger partial charge in [0, 0.05) is 21.3 Å². The average Bonchev–Trinajstić information content (AvgIpc) is 2.33. The molecule has 0 aliphatic heterocycles. The van der Waals surface area contributed by atoms with Crippen LogP contribution < -0.4 is 11.1 Å². The van der Waals surface area contributed by atoms with Gasteiger partial charge in [0.2, 0.25) is 0 Å². The van der Waals surface area contributed by atoms with E-state index in [2.05, 4.69) is 5.32 Å². The molecule has 0 saturated carbocycles. The van der Waals surface area contributed by atoms with Crippen LogP contribution in [0.3, 0.4) is 0 Å². The molecule has 0 atom stereocenters. The number of aryl methyl sites for hydroxylation is 1. The van der Waals surface area contributed by atoms with Gasteiger partial charge < -0.3 is 11.1 Å². The number of anilines is 2. The molecule has 98 valence electrons. The predicted molar refractivity (Wildman–Crippen MR) is 86.8 cm³/mol. The number of hydrogen-bond donors (Lipinski definition) is 2. The number of nitrogens with two attached hydrogens (primary N) is 1. The summed E-state index contributed by atoms with van der Waals surface area (Å²) in [6, 6.07) is 11.1. The van der Waals surface area contributed by atoms with Crippen LogP contribution in [0.5, 0.6) is 0 Å². The largest absolute Gasteiger partial charge is 0.389 e. The minimum absolute atomic E-state index is 0.317. The summed E-state index contributed by atoms with van der Waals surface area (Å²) >= 11 is 17.1. The van der Waals surface area contributed by atoms with Crippen LogP contribution >= 0.6 is 35.4 Å². The summed E-state index contributed by atoms with van der Waals surface area (Å²) in [5.74, 6) is 0. The van der Waals surface area contributed by atoms with Gasteiger partial charge in [0.15, 0.2) is 0 Å². The Hall–Kier alpha value is -1.29. The molecule has 0 saturated heterocycles. The third-order valence-corrected chi connectivity index (χ3v) is 3.56. The molecule has 0 aliphatic rings. The van der Waals surface area contributed by atoms with Crippen LogP contribution in [-0.2, 0) is 0 Å². The quantitative estimate of drug-likeness (QED) is 0.808. The third kappa shape index (κ3) is 3.38. The van der Waals surface area contributed by atoms with Crippen molar-refractivity contribution in [3.05, 3.63) is 57.6 Å². The molecular formula is C14H12Cl2N2S. The molecule has 0 aliphatic carbocycles. The smallest absolute Gasteiger partial charge is 0.106 e. The number of benzene rings is 2. The second-order valence-corrected chi connectivity index (χ2v) is 5.43. The Balaban J connectivity index is 2.39. The summed E-state index contributed by atoms with van der Waals surface area (Å²) in [6.07, 6.45) is 0. The van der Waals surface area contributed by atoms with Crippen molar-refractivity contribution in [1.29, 1.82) is 0 Å². The molecule has 3 N–H and O–H groups in total. The van der Waals surface area contributed by atoms with E-state index in [0.717, 1.165) is 22.5 Å². The molecule has 19 heavy (non-hydrogen) atoms. The lowest BCUT2D eigenvalue weighted by molar-refractivity contribution is 1.45. The summed E-state index contributed by atoms with van der Waals surface area (Å²) < 4.78 is 0. The fraction of sp³-hybridized carbons (Fsp3) is 0.0714. The van der Waals surface area contributed by atoms with Crippen molar-refractivity contribution in [2.24, 2.45) is 5.73 Å². The van der Waals surface area contributed by atoms with Gasteiger partial charge in [0.1, 0.15) is 4.99 Å². The molecule has 0 aromatic heterocycles. The molecule has 5 heteroatoms. The van der Waals surface area contributed by atoms with Crippen molar-refractivity contribution in [3.63, 3.8) is 0 Å². The van der Waals surface area contributed by atoms with Crippen molar-refractivity contribution in [2.75, 3.05) is 5.32 Å². The maximum atomic E-state index is 6.10. The average molecular weight is 311 g/mol. The lowest BCUT2D eigenvalue weighted by atomic mass is 10.1. The molecule has 0 fully saturated rings. The first-order chi connectivity index (χ1) is 8.97. The second-order valence-electron chi connectivity index (χ2n) is 4.14. The van der Waals surface area contributed by atoms with Crippen LogP contribution in [-0.4, -0.2) is 4.99 Å². The van der Waals surface area contributed by atoms with E-state index in [9.17, 15) is 0 Å². The van der Waals surface area contributed by atoms with E-state index in [4.69, 9.17) is 41.2 Å².